The van der Waals surface area contributed by atoms with Crippen LogP contribution in [0.2, 0.25) is 0 Å². The maximum Gasteiger partial charge on any atom is 0.161 e. The fourth-order valence-electron chi connectivity index (χ4n) is 2.13. The van der Waals surface area contributed by atoms with Crippen molar-refractivity contribution in [1.82, 2.24) is 5.32 Å². The molecule has 4 heteroatoms. The Labute approximate surface area is 127 Å². The van der Waals surface area contributed by atoms with Crippen molar-refractivity contribution in [3.63, 3.8) is 0 Å². The first-order valence-electron chi connectivity index (χ1n) is 7.18. The Hall–Kier alpha value is -0.870. The number of ether oxygens (including phenoxy) is 2. The lowest BCUT2D eigenvalue weighted by atomic mass is 10.1. The highest BCUT2D eigenvalue weighted by Gasteiger charge is 2.12. The monoisotopic (exact) mass is 297 g/mol. The van der Waals surface area contributed by atoms with E-state index in [4.69, 9.17) is 9.47 Å². The summed E-state index contributed by atoms with van der Waals surface area (Å²) in [5, 5.41) is 3.63. The fraction of sp³-hybridized carbons (Fsp3) is 0.625. The summed E-state index contributed by atoms with van der Waals surface area (Å²) >= 11 is 1.99. The molecule has 0 aromatic heterocycles. The van der Waals surface area contributed by atoms with Crippen LogP contribution in [0.4, 0.5) is 0 Å². The second kappa shape index (κ2) is 9.14. The van der Waals surface area contributed by atoms with Gasteiger partial charge in [-0.05, 0) is 49.5 Å². The van der Waals surface area contributed by atoms with Crippen LogP contribution < -0.4 is 14.8 Å². The molecule has 1 aromatic carbocycles. The summed E-state index contributed by atoms with van der Waals surface area (Å²) in [6.07, 6.45) is 1.19. The highest BCUT2D eigenvalue weighted by Crippen LogP contribution is 2.30. The molecular weight excluding hydrogens is 270 g/mol. The van der Waals surface area contributed by atoms with Crippen LogP contribution in [0.1, 0.15) is 38.8 Å². The number of hydrogen-bond donors (Lipinski definition) is 1. The van der Waals surface area contributed by atoms with Gasteiger partial charge in [0.15, 0.2) is 11.5 Å². The standard InChI is InChI=1S/C16H27NO2S/c1-6-20-10-9-12(2)17-13(3)14-7-8-15(18-4)16(11-14)19-5/h7-8,11-13,17H,6,9-10H2,1-5H3. The van der Waals surface area contributed by atoms with Gasteiger partial charge >= 0.3 is 0 Å². The fourth-order valence-corrected chi connectivity index (χ4v) is 2.94. The van der Waals surface area contributed by atoms with Gasteiger partial charge in [-0.15, -0.1) is 0 Å². The number of nitrogens with one attached hydrogen (secondary N) is 1. The van der Waals surface area contributed by atoms with Crippen LogP contribution in [0.15, 0.2) is 18.2 Å². The predicted octanol–water partition coefficient (Wildman–Crippen LogP) is 3.89. The second-order valence-electron chi connectivity index (χ2n) is 4.89. The smallest absolute Gasteiger partial charge is 0.161 e. The van der Waals surface area contributed by atoms with Gasteiger partial charge in [-0.1, -0.05) is 13.0 Å². The van der Waals surface area contributed by atoms with Gasteiger partial charge in [0.25, 0.3) is 0 Å². The molecular formula is C16H27NO2S. The van der Waals surface area contributed by atoms with E-state index in [-0.39, 0.29) is 0 Å². The Morgan fingerprint density at radius 2 is 1.85 bits per heavy atom. The van der Waals surface area contributed by atoms with Crippen LogP contribution in [-0.4, -0.2) is 31.8 Å². The van der Waals surface area contributed by atoms with E-state index in [0.29, 0.717) is 12.1 Å². The van der Waals surface area contributed by atoms with Crippen LogP contribution in [-0.2, 0) is 0 Å². The van der Waals surface area contributed by atoms with E-state index in [2.05, 4.69) is 32.2 Å². The zero-order valence-corrected chi connectivity index (χ0v) is 14.0. The van der Waals surface area contributed by atoms with Gasteiger partial charge in [-0.3, -0.25) is 0 Å². The highest BCUT2D eigenvalue weighted by atomic mass is 32.2. The van der Waals surface area contributed by atoms with Crippen molar-refractivity contribution in [2.75, 3.05) is 25.7 Å². The van der Waals surface area contributed by atoms with Crippen LogP contribution in [0, 0.1) is 0 Å². The second-order valence-corrected chi connectivity index (χ2v) is 6.28. The van der Waals surface area contributed by atoms with E-state index in [0.717, 1.165) is 11.5 Å². The molecule has 2 unspecified atom stereocenters. The first-order chi connectivity index (χ1) is 9.62. The van der Waals surface area contributed by atoms with E-state index in [1.54, 1.807) is 14.2 Å². The molecule has 20 heavy (non-hydrogen) atoms. The van der Waals surface area contributed by atoms with Gasteiger partial charge in [-0.2, -0.15) is 11.8 Å². The summed E-state index contributed by atoms with van der Waals surface area (Å²) in [6, 6.07) is 6.91. The SMILES string of the molecule is CCSCCC(C)NC(C)c1ccc(OC)c(OC)c1. The molecule has 0 amide bonds. The zero-order valence-electron chi connectivity index (χ0n) is 13.2. The van der Waals surface area contributed by atoms with Crippen molar-refractivity contribution in [2.24, 2.45) is 0 Å². The number of hydrogen-bond acceptors (Lipinski definition) is 4. The van der Waals surface area contributed by atoms with E-state index in [1.807, 2.05) is 23.9 Å². The summed E-state index contributed by atoms with van der Waals surface area (Å²) in [6.45, 7) is 6.63. The van der Waals surface area contributed by atoms with Crippen molar-refractivity contribution < 1.29 is 9.47 Å². The van der Waals surface area contributed by atoms with Crippen molar-refractivity contribution >= 4 is 11.8 Å². The molecule has 114 valence electrons. The molecule has 0 saturated carbocycles. The molecule has 0 fully saturated rings. The normalized spacial score (nSPS) is 13.8. The maximum atomic E-state index is 5.36. The lowest BCUT2D eigenvalue weighted by Gasteiger charge is -2.21. The van der Waals surface area contributed by atoms with Gasteiger partial charge < -0.3 is 14.8 Å². The minimum Gasteiger partial charge on any atom is -0.493 e. The van der Waals surface area contributed by atoms with Gasteiger partial charge in [0.05, 0.1) is 14.2 Å². The predicted molar refractivity (Wildman–Crippen MR) is 88.2 cm³/mol. The summed E-state index contributed by atoms with van der Waals surface area (Å²) in [4.78, 5) is 0. The van der Waals surface area contributed by atoms with Crippen molar-refractivity contribution in [2.45, 2.75) is 39.3 Å². The molecule has 0 bridgehead atoms. The molecule has 1 rings (SSSR count). The number of thioether (sulfide) groups is 1. The maximum absolute atomic E-state index is 5.36. The molecule has 1 aromatic rings. The van der Waals surface area contributed by atoms with E-state index in [9.17, 15) is 0 Å². The highest BCUT2D eigenvalue weighted by molar-refractivity contribution is 7.99. The van der Waals surface area contributed by atoms with E-state index in [1.165, 1.54) is 23.5 Å². The molecule has 2 atom stereocenters. The van der Waals surface area contributed by atoms with Crippen LogP contribution in [0.5, 0.6) is 11.5 Å². The molecule has 0 saturated heterocycles. The summed E-state index contributed by atoms with van der Waals surface area (Å²) in [7, 11) is 3.33. The molecule has 0 aliphatic heterocycles. The Morgan fingerprint density at radius 1 is 1.15 bits per heavy atom. The Morgan fingerprint density at radius 3 is 2.45 bits per heavy atom. The quantitative estimate of drug-likeness (QED) is 0.701. The molecule has 0 radical (unpaired) electrons. The first-order valence-corrected chi connectivity index (χ1v) is 8.33. The van der Waals surface area contributed by atoms with Gasteiger partial charge in [0.1, 0.15) is 0 Å². The topological polar surface area (TPSA) is 30.5 Å². The zero-order chi connectivity index (χ0) is 15.0. The minimum absolute atomic E-state index is 0.302. The minimum atomic E-state index is 0.302. The summed E-state index contributed by atoms with van der Waals surface area (Å²) < 4.78 is 10.6. The number of benzene rings is 1. The average molecular weight is 297 g/mol. The average Bonchev–Trinajstić information content (AvgIpc) is 2.46. The number of rotatable bonds is 9. The first kappa shape index (κ1) is 17.2. The lowest BCUT2D eigenvalue weighted by Crippen LogP contribution is -2.29. The van der Waals surface area contributed by atoms with Crippen LogP contribution >= 0.6 is 11.8 Å². The Kier molecular flexibility index (Phi) is 7.85. The molecule has 0 aliphatic rings. The lowest BCUT2D eigenvalue weighted by molar-refractivity contribution is 0.353. The van der Waals surface area contributed by atoms with Gasteiger partial charge in [0.2, 0.25) is 0 Å². The molecule has 3 nitrogen and oxygen atoms in total. The summed E-state index contributed by atoms with van der Waals surface area (Å²) in [5.74, 6) is 3.96. The third-order valence-corrected chi connectivity index (χ3v) is 4.27. The molecule has 0 heterocycles. The largest absolute Gasteiger partial charge is 0.493 e. The third kappa shape index (κ3) is 5.25. The van der Waals surface area contributed by atoms with Gasteiger partial charge in [-0.25, -0.2) is 0 Å². The Balaban J connectivity index is 2.60. The Bertz CT molecular complexity index is 398. The number of methoxy groups -OCH3 is 2. The van der Waals surface area contributed by atoms with Crippen LogP contribution in [0.25, 0.3) is 0 Å². The van der Waals surface area contributed by atoms with Gasteiger partial charge in [0, 0.05) is 12.1 Å². The van der Waals surface area contributed by atoms with Crippen molar-refractivity contribution in [1.29, 1.82) is 0 Å². The van der Waals surface area contributed by atoms with E-state index < -0.39 is 0 Å². The van der Waals surface area contributed by atoms with Crippen molar-refractivity contribution in [3.05, 3.63) is 23.8 Å². The third-order valence-electron chi connectivity index (χ3n) is 3.34. The van der Waals surface area contributed by atoms with E-state index >= 15 is 0 Å². The van der Waals surface area contributed by atoms with Crippen molar-refractivity contribution in [3.8, 4) is 11.5 Å². The van der Waals surface area contributed by atoms with Crippen LogP contribution in [0.3, 0.4) is 0 Å². The molecule has 0 aliphatic carbocycles. The molecule has 1 N–H and O–H groups in total. The summed E-state index contributed by atoms with van der Waals surface area (Å²) in [5.41, 5.74) is 1.22. The molecule has 0 spiro atoms.